The Kier molecular flexibility index (Phi) is 4.11. The molecule has 1 aromatic heterocycles. The molecule has 6 heteroatoms. The second-order valence-corrected chi connectivity index (χ2v) is 4.89. The molecule has 0 aromatic carbocycles. The van der Waals surface area contributed by atoms with E-state index < -0.39 is 11.7 Å². The zero-order chi connectivity index (χ0) is 13.1. The van der Waals surface area contributed by atoms with Gasteiger partial charge in [-0.3, -0.25) is 10.1 Å². The van der Waals surface area contributed by atoms with E-state index in [0.717, 1.165) is 11.3 Å². The molecule has 0 aliphatic rings. The van der Waals surface area contributed by atoms with Crippen LogP contribution in [0.15, 0.2) is 6.20 Å². The van der Waals surface area contributed by atoms with Crippen LogP contribution in [0.1, 0.15) is 32.0 Å². The molecule has 0 fully saturated rings. The summed E-state index contributed by atoms with van der Waals surface area (Å²) in [7, 11) is 1.86. The van der Waals surface area contributed by atoms with E-state index in [1.807, 2.05) is 40.9 Å². The van der Waals surface area contributed by atoms with Crippen molar-refractivity contribution in [1.82, 2.24) is 20.6 Å². The van der Waals surface area contributed by atoms with E-state index >= 15 is 0 Å². The molecule has 0 radical (unpaired) electrons. The van der Waals surface area contributed by atoms with Crippen LogP contribution in [0, 0.1) is 6.92 Å². The van der Waals surface area contributed by atoms with E-state index in [-0.39, 0.29) is 0 Å². The fourth-order valence-corrected chi connectivity index (χ4v) is 1.34. The Bertz CT molecular complexity index is 393. The molecule has 2 N–H and O–H groups in total. The topological polar surface area (TPSA) is 68.2 Å². The van der Waals surface area contributed by atoms with Crippen molar-refractivity contribution in [2.75, 3.05) is 0 Å². The molecule has 0 atom stereocenters. The molecule has 0 saturated heterocycles. The number of rotatable bonds is 3. The number of carbonyl (C=O) groups excluding carboxylic acids is 1. The summed E-state index contributed by atoms with van der Waals surface area (Å²) in [6.45, 7) is 7.89. The maximum absolute atomic E-state index is 11.3. The van der Waals surface area contributed by atoms with Gasteiger partial charge in [-0.2, -0.15) is 5.10 Å². The van der Waals surface area contributed by atoms with Crippen LogP contribution in [0.4, 0.5) is 4.79 Å². The third-order valence-electron chi connectivity index (χ3n) is 1.98. The van der Waals surface area contributed by atoms with Gasteiger partial charge in [0, 0.05) is 25.4 Å². The van der Waals surface area contributed by atoms with Gasteiger partial charge in [0.05, 0.1) is 5.69 Å². The maximum Gasteiger partial charge on any atom is 0.422 e. The number of aryl methyl sites for hydroxylation is 2. The maximum atomic E-state index is 11.3. The SMILES string of the molecule is Cc1nn(C)cc1CNNC(=O)OC(C)(C)C. The Hall–Kier alpha value is -1.56. The zero-order valence-corrected chi connectivity index (χ0v) is 11.0. The van der Waals surface area contributed by atoms with Gasteiger partial charge in [0.15, 0.2) is 0 Å². The lowest BCUT2D eigenvalue weighted by Gasteiger charge is -2.19. The van der Waals surface area contributed by atoms with Gasteiger partial charge in [-0.05, 0) is 27.7 Å². The van der Waals surface area contributed by atoms with Crippen molar-refractivity contribution in [3.8, 4) is 0 Å². The third-order valence-corrected chi connectivity index (χ3v) is 1.98. The lowest BCUT2D eigenvalue weighted by Crippen LogP contribution is -2.40. The molecule has 0 unspecified atom stereocenters. The van der Waals surface area contributed by atoms with Gasteiger partial charge in [0.2, 0.25) is 0 Å². The number of nitrogens with zero attached hydrogens (tertiary/aromatic N) is 2. The van der Waals surface area contributed by atoms with Crippen molar-refractivity contribution >= 4 is 6.09 Å². The highest BCUT2D eigenvalue weighted by Crippen LogP contribution is 2.06. The number of hydrogen-bond donors (Lipinski definition) is 2. The highest BCUT2D eigenvalue weighted by Gasteiger charge is 2.15. The highest BCUT2D eigenvalue weighted by atomic mass is 16.6. The van der Waals surface area contributed by atoms with Crippen LogP contribution < -0.4 is 10.9 Å². The monoisotopic (exact) mass is 240 g/mol. The summed E-state index contributed by atoms with van der Waals surface area (Å²) in [4.78, 5) is 11.3. The summed E-state index contributed by atoms with van der Waals surface area (Å²) in [6, 6.07) is 0. The van der Waals surface area contributed by atoms with E-state index in [0.29, 0.717) is 6.54 Å². The predicted octanol–water partition coefficient (Wildman–Crippen LogP) is 1.26. The molecule has 1 amide bonds. The van der Waals surface area contributed by atoms with Crippen LogP contribution in [-0.4, -0.2) is 21.5 Å². The van der Waals surface area contributed by atoms with E-state index in [1.54, 1.807) is 4.68 Å². The van der Waals surface area contributed by atoms with Crippen molar-refractivity contribution in [1.29, 1.82) is 0 Å². The summed E-state index contributed by atoms with van der Waals surface area (Å²) in [5.74, 6) is 0. The van der Waals surface area contributed by atoms with Crippen LogP contribution in [0.3, 0.4) is 0 Å². The summed E-state index contributed by atoms with van der Waals surface area (Å²) in [5, 5.41) is 4.20. The zero-order valence-electron chi connectivity index (χ0n) is 11.0. The van der Waals surface area contributed by atoms with Crippen LogP contribution in [0.25, 0.3) is 0 Å². The van der Waals surface area contributed by atoms with Crippen LogP contribution in [0.2, 0.25) is 0 Å². The smallest absolute Gasteiger partial charge is 0.422 e. The second-order valence-electron chi connectivity index (χ2n) is 4.89. The number of amides is 1. The first-order chi connectivity index (χ1) is 7.78. The normalized spacial score (nSPS) is 11.4. The van der Waals surface area contributed by atoms with E-state index in [2.05, 4.69) is 16.0 Å². The molecule has 0 aliphatic heterocycles. The van der Waals surface area contributed by atoms with Crippen molar-refractivity contribution in [2.45, 2.75) is 39.8 Å². The summed E-state index contributed by atoms with van der Waals surface area (Å²) in [6.07, 6.45) is 1.41. The number of hydrazine groups is 1. The van der Waals surface area contributed by atoms with Gasteiger partial charge in [-0.1, -0.05) is 0 Å². The largest absolute Gasteiger partial charge is 0.443 e. The van der Waals surface area contributed by atoms with Gasteiger partial charge >= 0.3 is 6.09 Å². The van der Waals surface area contributed by atoms with Crippen LogP contribution in [-0.2, 0) is 18.3 Å². The number of hydrogen-bond acceptors (Lipinski definition) is 4. The molecule has 1 rings (SSSR count). The van der Waals surface area contributed by atoms with E-state index in [4.69, 9.17) is 4.74 Å². The first kappa shape index (κ1) is 13.5. The second kappa shape index (κ2) is 5.18. The van der Waals surface area contributed by atoms with Gasteiger partial charge in [0.25, 0.3) is 0 Å². The van der Waals surface area contributed by atoms with Crippen LogP contribution in [0.5, 0.6) is 0 Å². The minimum atomic E-state index is -0.490. The Morgan fingerprint density at radius 1 is 1.53 bits per heavy atom. The Morgan fingerprint density at radius 3 is 2.65 bits per heavy atom. The molecule has 0 spiro atoms. The fourth-order valence-electron chi connectivity index (χ4n) is 1.34. The summed E-state index contributed by atoms with van der Waals surface area (Å²) in [5.41, 5.74) is 6.75. The molecule has 1 heterocycles. The van der Waals surface area contributed by atoms with Gasteiger partial charge < -0.3 is 4.74 Å². The van der Waals surface area contributed by atoms with Gasteiger partial charge in [-0.15, -0.1) is 0 Å². The molecule has 6 nitrogen and oxygen atoms in total. The van der Waals surface area contributed by atoms with Gasteiger partial charge in [-0.25, -0.2) is 10.2 Å². The third kappa shape index (κ3) is 4.86. The average Bonchev–Trinajstić information content (AvgIpc) is 2.42. The minimum absolute atomic E-state index is 0.487. The quantitative estimate of drug-likeness (QED) is 0.780. The fraction of sp³-hybridized carbons (Fsp3) is 0.636. The molecule has 96 valence electrons. The van der Waals surface area contributed by atoms with Crippen molar-refractivity contribution in [3.63, 3.8) is 0 Å². The van der Waals surface area contributed by atoms with E-state index in [9.17, 15) is 4.79 Å². The van der Waals surface area contributed by atoms with Crippen molar-refractivity contribution < 1.29 is 9.53 Å². The lowest BCUT2D eigenvalue weighted by molar-refractivity contribution is 0.0497. The van der Waals surface area contributed by atoms with Crippen LogP contribution >= 0.6 is 0 Å². The molecule has 0 bridgehead atoms. The average molecular weight is 240 g/mol. The summed E-state index contributed by atoms with van der Waals surface area (Å²) >= 11 is 0. The minimum Gasteiger partial charge on any atom is -0.443 e. The molecular formula is C11H20N4O2. The van der Waals surface area contributed by atoms with Crippen molar-refractivity contribution in [3.05, 3.63) is 17.5 Å². The Morgan fingerprint density at radius 2 is 2.18 bits per heavy atom. The predicted molar refractivity (Wildman–Crippen MR) is 64.2 cm³/mol. The van der Waals surface area contributed by atoms with E-state index in [1.165, 1.54) is 0 Å². The molecular weight excluding hydrogens is 220 g/mol. The molecule has 0 aliphatic carbocycles. The highest BCUT2D eigenvalue weighted by molar-refractivity contribution is 5.66. The van der Waals surface area contributed by atoms with Crippen molar-refractivity contribution in [2.24, 2.45) is 7.05 Å². The number of carbonyl (C=O) groups is 1. The molecule has 17 heavy (non-hydrogen) atoms. The first-order valence-corrected chi connectivity index (χ1v) is 5.49. The summed E-state index contributed by atoms with van der Waals surface area (Å²) < 4.78 is 6.81. The number of ether oxygens (including phenoxy) is 1. The number of nitrogens with one attached hydrogen (secondary N) is 2. The molecule has 1 aromatic rings. The van der Waals surface area contributed by atoms with Gasteiger partial charge in [0.1, 0.15) is 5.60 Å². The lowest BCUT2D eigenvalue weighted by atomic mass is 10.2. The Labute approximate surface area is 101 Å². The molecule has 0 saturated carbocycles. The Balaban J connectivity index is 2.33. The first-order valence-electron chi connectivity index (χ1n) is 5.49. The number of aromatic nitrogens is 2. The standard InChI is InChI=1S/C11H20N4O2/c1-8-9(7-15(5)14-8)6-12-13-10(16)17-11(2,3)4/h7,12H,6H2,1-5H3,(H,13,16).